The van der Waals surface area contributed by atoms with Crippen LogP contribution in [0, 0.1) is 0 Å². The molecular weight excluding hydrogens is 168 g/mol. The smallest absolute Gasteiger partial charge is 0.438 e. The van der Waals surface area contributed by atoms with Crippen LogP contribution in [0.1, 0.15) is 0 Å². The van der Waals surface area contributed by atoms with Gasteiger partial charge in [0.15, 0.2) is 13.6 Å². The van der Waals surface area contributed by atoms with Crippen LogP contribution in [-0.4, -0.2) is 40.8 Å². The van der Waals surface area contributed by atoms with Crippen molar-refractivity contribution in [2.24, 2.45) is 0 Å². The lowest BCUT2D eigenvalue weighted by atomic mass is 11.2. The topological polar surface area (TPSA) is 63.2 Å². The Morgan fingerprint density at radius 2 is 1.75 bits per heavy atom. The average Bonchev–Trinajstić information content (AvgIpc) is 2.10. The molecule has 12 heavy (non-hydrogen) atoms. The number of methoxy groups -OCH3 is 2. The molecule has 0 atom stereocenters. The third-order valence-corrected chi connectivity index (χ3v) is 0.795. The first-order chi connectivity index (χ1) is 5.81. The summed E-state index contributed by atoms with van der Waals surface area (Å²) >= 11 is 0. The minimum Gasteiger partial charge on any atom is -0.438 e. The lowest BCUT2D eigenvalue weighted by molar-refractivity contribution is -0.154. The quantitative estimate of drug-likeness (QED) is 0.333. The molecule has 0 aromatic carbocycles. The first kappa shape index (κ1) is 11.2. The molecule has 0 spiro atoms. The van der Waals surface area contributed by atoms with Gasteiger partial charge in [0, 0.05) is 7.11 Å². The van der Waals surface area contributed by atoms with Crippen molar-refractivity contribution < 1.29 is 28.5 Å². The van der Waals surface area contributed by atoms with E-state index in [9.17, 15) is 4.79 Å². The molecule has 0 aromatic rings. The van der Waals surface area contributed by atoms with Crippen LogP contribution in [0.2, 0.25) is 0 Å². The molecule has 0 saturated heterocycles. The van der Waals surface area contributed by atoms with E-state index in [4.69, 9.17) is 4.74 Å². The Kier molecular flexibility index (Phi) is 7.66. The highest BCUT2D eigenvalue weighted by Gasteiger charge is 1.97. The highest BCUT2D eigenvalue weighted by molar-refractivity contribution is 5.59. The third kappa shape index (κ3) is 7.26. The predicted octanol–water partition coefficient (Wildman–Crippen LogP) is 0.322. The Hall–Kier alpha value is -0.850. The van der Waals surface area contributed by atoms with Crippen molar-refractivity contribution in [1.29, 1.82) is 0 Å². The van der Waals surface area contributed by atoms with Gasteiger partial charge >= 0.3 is 6.16 Å². The van der Waals surface area contributed by atoms with Crippen molar-refractivity contribution in [1.82, 2.24) is 0 Å². The molecule has 0 amide bonds. The second-order valence-electron chi connectivity index (χ2n) is 1.65. The zero-order valence-electron chi connectivity index (χ0n) is 7.07. The number of hydrogen-bond donors (Lipinski definition) is 0. The van der Waals surface area contributed by atoms with Crippen molar-refractivity contribution in [2.45, 2.75) is 0 Å². The van der Waals surface area contributed by atoms with Crippen LogP contribution in [0.25, 0.3) is 0 Å². The monoisotopic (exact) mass is 180 g/mol. The molecular formula is C6H12O6. The lowest BCUT2D eigenvalue weighted by Crippen LogP contribution is -2.10. The maximum atomic E-state index is 10.3. The highest BCUT2D eigenvalue weighted by atomic mass is 16.8. The zero-order valence-corrected chi connectivity index (χ0v) is 7.07. The van der Waals surface area contributed by atoms with Crippen LogP contribution in [-0.2, 0) is 23.7 Å². The van der Waals surface area contributed by atoms with Crippen LogP contribution < -0.4 is 0 Å². The van der Waals surface area contributed by atoms with Crippen molar-refractivity contribution in [3.63, 3.8) is 0 Å². The molecule has 0 N–H and O–H groups in total. The summed E-state index contributed by atoms with van der Waals surface area (Å²) in [6.45, 7) is -0.0561. The fourth-order valence-electron chi connectivity index (χ4n) is 0.359. The Bertz CT molecular complexity index is 115. The SMILES string of the molecule is COCOCOCOC(=O)OC. The van der Waals surface area contributed by atoms with E-state index < -0.39 is 6.16 Å². The van der Waals surface area contributed by atoms with Gasteiger partial charge in [0.1, 0.15) is 6.79 Å². The molecule has 0 rings (SSSR count). The van der Waals surface area contributed by atoms with Crippen LogP contribution in [0.15, 0.2) is 0 Å². The average molecular weight is 180 g/mol. The summed E-state index contributed by atoms with van der Waals surface area (Å²) in [5.74, 6) is 0. The molecule has 6 heteroatoms. The number of hydrogen-bond acceptors (Lipinski definition) is 6. The van der Waals surface area contributed by atoms with Gasteiger partial charge in [-0.1, -0.05) is 0 Å². The number of carbonyl (C=O) groups is 1. The highest BCUT2D eigenvalue weighted by Crippen LogP contribution is 1.84. The second-order valence-corrected chi connectivity index (χ2v) is 1.65. The Morgan fingerprint density at radius 3 is 2.33 bits per heavy atom. The minimum absolute atomic E-state index is 0.00480. The van der Waals surface area contributed by atoms with E-state index in [0.717, 1.165) is 0 Å². The van der Waals surface area contributed by atoms with Crippen LogP contribution in [0.4, 0.5) is 4.79 Å². The summed E-state index contributed by atoms with van der Waals surface area (Å²) in [6.07, 6.45) is -0.790. The molecule has 6 nitrogen and oxygen atoms in total. The summed E-state index contributed by atoms with van der Waals surface area (Å²) in [6, 6.07) is 0. The minimum atomic E-state index is -0.790. The number of ether oxygens (including phenoxy) is 5. The van der Waals surface area contributed by atoms with E-state index in [1.807, 2.05) is 0 Å². The predicted molar refractivity (Wildman–Crippen MR) is 37.3 cm³/mol. The standard InChI is InChI=1S/C6H12O6/c1-8-3-10-4-11-5-12-6(7)9-2/h3-5H2,1-2H3. The van der Waals surface area contributed by atoms with E-state index in [2.05, 4.69) is 18.9 Å². The van der Waals surface area contributed by atoms with Gasteiger partial charge in [0.25, 0.3) is 0 Å². The first-order valence-electron chi connectivity index (χ1n) is 3.16. The molecule has 0 bridgehead atoms. The fraction of sp³-hybridized carbons (Fsp3) is 0.833. The Morgan fingerprint density at radius 1 is 1.08 bits per heavy atom. The summed E-state index contributed by atoms with van der Waals surface area (Å²) in [5, 5.41) is 0. The van der Waals surface area contributed by atoms with E-state index in [-0.39, 0.29) is 20.4 Å². The summed E-state index contributed by atoms with van der Waals surface area (Å²) in [5.41, 5.74) is 0. The molecule has 0 saturated carbocycles. The molecule has 0 heterocycles. The van der Waals surface area contributed by atoms with Crippen molar-refractivity contribution in [3.8, 4) is 0 Å². The molecule has 0 aliphatic rings. The fourth-order valence-corrected chi connectivity index (χ4v) is 0.359. The van der Waals surface area contributed by atoms with Crippen molar-refractivity contribution in [2.75, 3.05) is 34.6 Å². The number of rotatable bonds is 6. The van der Waals surface area contributed by atoms with Crippen LogP contribution in [0.5, 0.6) is 0 Å². The first-order valence-corrected chi connectivity index (χ1v) is 3.16. The molecule has 0 aliphatic carbocycles. The normalized spacial score (nSPS) is 9.50. The second kappa shape index (κ2) is 8.25. The third-order valence-electron chi connectivity index (χ3n) is 0.795. The van der Waals surface area contributed by atoms with Gasteiger partial charge in [-0.05, 0) is 0 Å². The molecule has 0 radical (unpaired) electrons. The zero-order chi connectivity index (χ0) is 9.23. The van der Waals surface area contributed by atoms with Crippen molar-refractivity contribution >= 4 is 6.16 Å². The Balaban J connectivity index is 2.95. The number of carbonyl (C=O) groups excluding carboxylic acids is 1. The lowest BCUT2D eigenvalue weighted by Gasteiger charge is -2.04. The van der Waals surface area contributed by atoms with Gasteiger partial charge in [-0.15, -0.1) is 0 Å². The summed E-state index contributed by atoms with van der Waals surface area (Å²) < 4.78 is 22.5. The summed E-state index contributed by atoms with van der Waals surface area (Å²) in [4.78, 5) is 10.3. The van der Waals surface area contributed by atoms with Gasteiger partial charge < -0.3 is 23.7 Å². The van der Waals surface area contributed by atoms with E-state index in [1.165, 1.54) is 14.2 Å². The molecule has 72 valence electrons. The van der Waals surface area contributed by atoms with E-state index in [1.54, 1.807) is 0 Å². The molecule has 0 fully saturated rings. The Labute approximate surface area is 70.3 Å². The molecule has 0 aliphatic heterocycles. The van der Waals surface area contributed by atoms with Gasteiger partial charge in [-0.3, -0.25) is 0 Å². The summed E-state index contributed by atoms with van der Waals surface area (Å²) in [7, 11) is 2.70. The van der Waals surface area contributed by atoms with E-state index >= 15 is 0 Å². The van der Waals surface area contributed by atoms with Gasteiger partial charge in [0.05, 0.1) is 7.11 Å². The maximum Gasteiger partial charge on any atom is 0.510 e. The van der Waals surface area contributed by atoms with Crippen LogP contribution >= 0.6 is 0 Å². The van der Waals surface area contributed by atoms with Gasteiger partial charge in [-0.2, -0.15) is 0 Å². The van der Waals surface area contributed by atoms with Crippen LogP contribution in [0.3, 0.4) is 0 Å². The molecule has 0 unspecified atom stereocenters. The molecule has 0 aromatic heterocycles. The van der Waals surface area contributed by atoms with E-state index in [0.29, 0.717) is 0 Å². The van der Waals surface area contributed by atoms with Gasteiger partial charge in [0.2, 0.25) is 0 Å². The maximum absolute atomic E-state index is 10.3. The van der Waals surface area contributed by atoms with Crippen molar-refractivity contribution in [3.05, 3.63) is 0 Å². The van der Waals surface area contributed by atoms with Gasteiger partial charge in [-0.25, -0.2) is 4.79 Å². The largest absolute Gasteiger partial charge is 0.510 e.